The minimum atomic E-state index is -3.84. The van der Waals surface area contributed by atoms with Crippen LogP contribution in [-0.2, 0) is 24.1 Å². The molecule has 0 bridgehead atoms. The SMILES string of the molecule is COCCN(CCOC)C(=O)C1(S(=O)(=O)c2ccc(Cl)cc2)CCCC1. The van der Waals surface area contributed by atoms with Gasteiger partial charge in [-0.05, 0) is 37.1 Å². The minimum Gasteiger partial charge on any atom is -0.383 e. The second-order valence-corrected chi connectivity index (χ2v) is 9.13. The van der Waals surface area contributed by atoms with Crippen LogP contribution in [0.15, 0.2) is 29.2 Å². The molecule has 1 fully saturated rings. The zero-order chi connectivity index (χ0) is 19.2. The van der Waals surface area contributed by atoms with Crippen LogP contribution in [0, 0.1) is 0 Å². The van der Waals surface area contributed by atoms with E-state index in [1.807, 2.05) is 0 Å². The van der Waals surface area contributed by atoms with Gasteiger partial charge >= 0.3 is 0 Å². The lowest BCUT2D eigenvalue weighted by Crippen LogP contribution is -2.53. The first-order valence-corrected chi connectivity index (χ1v) is 10.5. The molecular formula is C18H26ClNO5S. The van der Waals surface area contributed by atoms with Gasteiger partial charge in [-0.25, -0.2) is 8.42 Å². The number of carbonyl (C=O) groups is 1. The first kappa shape index (κ1) is 21.2. The smallest absolute Gasteiger partial charge is 0.244 e. The fourth-order valence-corrected chi connectivity index (χ4v) is 5.65. The second-order valence-electron chi connectivity index (χ2n) is 6.44. The van der Waals surface area contributed by atoms with Crippen molar-refractivity contribution in [3.05, 3.63) is 29.3 Å². The van der Waals surface area contributed by atoms with Crippen LogP contribution in [-0.4, -0.2) is 64.5 Å². The first-order chi connectivity index (χ1) is 12.4. The van der Waals surface area contributed by atoms with Crippen LogP contribution < -0.4 is 0 Å². The largest absolute Gasteiger partial charge is 0.383 e. The third-order valence-corrected chi connectivity index (χ3v) is 7.61. The van der Waals surface area contributed by atoms with Crippen LogP contribution in [0.2, 0.25) is 5.02 Å². The van der Waals surface area contributed by atoms with E-state index in [1.165, 1.54) is 24.3 Å². The number of ether oxygens (including phenoxy) is 2. The molecule has 0 heterocycles. The quantitative estimate of drug-likeness (QED) is 0.633. The molecule has 2 rings (SSSR count). The number of nitrogens with zero attached hydrogens (tertiary/aromatic N) is 1. The van der Waals surface area contributed by atoms with Crippen LogP contribution in [0.3, 0.4) is 0 Å². The average molecular weight is 404 g/mol. The Morgan fingerprint density at radius 3 is 2.04 bits per heavy atom. The maximum atomic E-state index is 13.4. The van der Waals surface area contributed by atoms with Crippen molar-refractivity contribution in [2.45, 2.75) is 35.3 Å². The highest BCUT2D eigenvalue weighted by atomic mass is 35.5. The Bertz CT molecular complexity index is 691. The lowest BCUT2D eigenvalue weighted by atomic mass is 10.1. The van der Waals surface area contributed by atoms with Crippen LogP contribution >= 0.6 is 11.6 Å². The van der Waals surface area contributed by atoms with Gasteiger partial charge in [-0.2, -0.15) is 0 Å². The summed E-state index contributed by atoms with van der Waals surface area (Å²) in [6.45, 7) is 1.34. The summed E-state index contributed by atoms with van der Waals surface area (Å²) < 4.78 is 35.6. The van der Waals surface area contributed by atoms with Crippen molar-refractivity contribution in [3.63, 3.8) is 0 Å². The monoisotopic (exact) mass is 403 g/mol. The molecule has 1 aromatic carbocycles. The van der Waals surface area contributed by atoms with E-state index in [0.29, 0.717) is 57.0 Å². The molecule has 0 radical (unpaired) electrons. The normalized spacial score (nSPS) is 16.6. The van der Waals surface area contributed by atoms with Gasteiger partial charge in [0.25, 0.3) is 0 Å². The van der Waals surface area contributed by atoms with Crippen molar-refractivity contribution in [3.8, 4) is 0 Å². The van der Waals surface area contributed by atoms with Gasteiger partial charge in [0.15, 0.2) is 14.6 Å². The van der Waals surface area contributed by atoms with Crippen LogP contribution in [0.4, 0.5) is 0 Å². The van der Waals surface area contributed by atoms with Gasteiger partial charge in [-0.3, -0.25) is 4.79 Å². The van der Waals surface area contributed by atoms with E-state index in [1.54, 1.807) is 19.1 Å². The molecule has 0 saturated heterocycles. The minimum absolute atomic E-state index is 0.135. The predicted molar refractivity (Wildman–Crippen MR) is 100 cm³/mol. The summed E-state index contributed by atoms with van der Waals surface area (Å²) in [7, 11) is -0.742. The maximum Gasteiger partial charge on any atom is 0.244 e. The number of amides is 1. The molecule has 6 nitrogen and oxygen atoms in total. The molecule has 1 aliphatic carbocycles. The molecule has 0 N–H and O–H groups in total. The Morgan fingerprint density at radius 1 is 1.08 bits per heavy atom. The van der Waals surface area contributed by atoms with Gasteiger partial charge in [0, 0.05) is 32.3 Å². The number of sulfone groups is 1. The summed E-state index contributed by atoms with van der Waals surface area (Å²) >= 11 is 5.89. The van der Waals surface area contributed by atoms with Crippen molar-refractivity contribution in [1.82, 2.24) is 4.90 Å². The molecule has 8 heteroatoms. The summed E-state index contributed by atoms with van der Waals surface area (Å²) in [5, 5.41) is 0.456. The topological polar surface area (TPSA) is 72.9 Å². The van der Waals surface area contributed by atoms with Crippen molar-refractivity contribution in [2.24, 2.45) is 0 Å². The lowest BCUT2D eigenvalue weighted by molar-refractivity contribution is -0.135. The van der Waals surface area contributed by atoms with E-state index in [0.717, 1.165) is 0 Å². The summed E-state index contributed by atoms with van der Waals surface area (Å²) in [4.78, 5) is 15.1. The Hall–Kier alpha value is -1.15. The Kier molecular flexibility index (Phi) is 7.46. The van der Waals surface area contributed by atoms with Gasteiger partial charge in [0.05, 0.1) is 18.1 Å². The number of carbonyl (C=O) groups excluding carboxylic acids is 1. The zero-order valence-electron chi connectivity index (χ0n) is 15.2. The number of benzene rings is 1. The fraction of sp³-hybridized carbons (Fsp3) is 0.611. The van der Waals surface area contributed by atoms with E-state index >= 15 is 0 Å². The van der Waals surface area contributed by atoms with Crippen LogP contribution in [0.25, 0.3) is 0 Å². The lowest BCUT2D eigenvalue weighted by Gasteiger charge is -2.34. The van der Waals surface area contributed by atoms with E-state index in [2.05, 4.69) is 0 Å². The highest BCUT2D eigenvalue weighted by Crippen LogP contribution is 2.42. The zero-order valence-corrected chi connectivity index (χ0v) is 16.8. The third-order valence-electron chi connectivity index (χ3n) is 4.86. The van der Waals surface area contributed by atoms with Gasteiger partial charge in [-0.1, -0.05) is 24.4 Å². The summed E-state index contributed by atoms with van der Waals surface area (Å²) in [6.07, 6.45) is 2.07. The Balaban J connectivity index is 2.40. The number of halogens is 1. The first-order valence-electron chi connectivity index (χ1n) is 8.66. The van der Waals surface area contributed by atoms with Crippen molar-refractivity contribution in [2.75, 3.05) is 40.5 Å². The number of hydrogen-bond donors (Lipinski definition) is 0. The Morgan fingerprint density at radius 2 is 1.58 bits per heavy atom. The molecule has 1 amide bonds. The molecule has 0 aromatic heterocycles. The number of rotatable bonds is 9. The van der Waals surface area contributed by atoms with Crippen LogP contribution in [0.1, 0.15) is 25.7 Å². The molecule has 0 spiro atoms. The Labute approximate surface area is 160 Å². The molecule has 146 valence electrons. The van der Waals surface area contributed by atoms with Crippen molar-refractivity contribution < 1.29 is 22.7 Å². The van der Waals surface area contributed by atoms with Gasteiger partial charge in [0.2, 0.25) is 5.91 Å². The highest BCUT2D eigenvalue weighted by Gasteiger charge is 2.54. The molecule has 26 heavy (non-hydrogen) atoms. The average Bonchev–Trinajstić information content (AvgIpc) is 3.13. The van der Waals surface area contributed by atoms with E-state index in [-0.39, 0.29) is 10.8 Å². The molecule has 0 atom stereocenters. The van der Waals surface area contributed by atoms with Crippen molar-refractivity contribution >= 4 is 27.3 Å². The van der Waals surface area contributed by atoms with E-state index < -0.39 is 14.6 Å². The molecule has 0 aliphatic heterocycles. The molecule has 0 unspecified atom stereocenters. The summed E-state index contributed by atoms with van der Waals surface area (Å²) in [6, 6.07) is 6.02. The third kappa shape index (κ3) is 4.22. The molecular weight excluding hydrogens is 378 g/mol. The fourth-order valence-electron chi connectivity index (χ4n) is 3.39. The number of methoxy groups -OCH3 is 2. The molecule has 1 aliphatic rings. The summed E-state index contributed by atoms with van der Waals surface area (Å²) in [5.74, 6) is -0.362. The van der Waals surface area contributed by atoms with E-state index in [9.17, 15) is 13.2 Å². The van der Waals surface area contributed by atoms with Crippen LogP contribution in [0.5, 0.6) is 0 Å². The van der Waals surface area contributed by atoms with Gasteiger partial charge in [0.1, 0.15) is 0 Å². The highest BCUT2D eigenvalue weighted by molar-refractivity contribution is 7.93. The maximum absolute atomic E-state index is 13.4. The van der Waals surface area contributed by atoms with E-state index in [4.69, 9.17) is 21.1 Å². The summed E-state index contributed by atoms with van der Waals surface area (Å²) in [5.41, 5.74) is 0. The predicted octanol–water partition coefficient (Wildman–Crippen LogP) is 2.55. The van der Waals surface area contributed by atoms with Gasteiger partial charge < -0.3 is 14.4 Å². The second kappa shape index (κ2) is 9.17. The standard InChI is InChI=1S/C18H26ClNO5S/c1-24-13-11-20(12-14-25-2)17(21)18(9-3-4-10-18)26(22,23)16-7-5-15(19)6-8-16/h5-8H,3-4,9-14H2,1-2H3. The molecule has 1 saturated carbocycles. The molecule has 1 aromatic rings. The number of hydrogen-bond acceptors (Lipinski definition) is 5. The van der Waals surface area contributed by atoms with Crippen molar-refractivity contribution in [1.29, 1.82) is 0 Å². The van der Waals surface area contributed by atoms with Gasteiger partial charge in [-0.15, -0.1) is 0 Å².